The fourth-order valence-electron chi connectivity index (χ4n) is 9.77. The van der Waals surface area contributed by atoms with Crippen LogP contribution in [0.25, 0.3) is 22.3 Å². The van der Waals surface area contributed by atoms with E-state index >= 15 is 4.57 Å². The van der Waals surface area contributed by atoms with Gasteiger partial charge in [0.25, 0.3) is 0 Å². The molecule has 6 heterocycles. The Hall–Kier alpha value is -8.17. The maximum Gasteiger partial charge on any atom is 0.475 e. The first-order valence-corrected chi connectivity index (χ1v) is 32.6. The molecule has 9 rings (SSSR count). The van der Waals surface area contributed by atoms with Crippen molar-refractivity contribution >= 4 is 62.4 Å². The second kappa shape index (κ2) is 28.3. The normalized spacial score (nSPS) is 19.4. The summed E-state index contributed by atoms with van der Waals surface area (Å²) in [5.74, 6) is 1.23. The Balaban J connectivity index is 1.09. The molecule has 88 heavy (non-hydrogen) atoms. The minimum atomic E-state index is -4.70. The van der Waals surface area contributed by atoms with Crippen LogP contribution in [0.4, 0.5) is 21.4 Å². The van der Waals surface area contributed by atoms with E-state index in [1.54, 1.807) is 23.4 Å². The van der Waals surface area contributed by atoms with Crippen LogP contribution in [0.1, 0.15) is 62.8 Å². The van der Waals surface area contributed by atoms with Crippen LogP contribution in [-0.4, -0.2) is 138 Å². The molecule has 0 bridgehead atoms. The van der Waals surface area contributed by atoms with Crippen LogP contribution in [0.5, 0.6) is 17.4 Å². The van der Waals surface area contributed by atoms with Crippen molar-refractivity contribution in [3.8, 4) is 17.4 Å². The van der Waals surface area contributed by atoms with Gasteiger partial charge in [0.1, 0.15) is 74.0 Å². The van der Waals surface area contributed by atoms with Gasteiger partial charge in [-0.15, -0.1) is 6.58 Å². The molecular formula is C61H73N10O15PSi. The Kier molecular flexibility index (Phi) is 20.7. The van der Waals surface area contributed by atoms with E-state index < -0.39 is 70.8 Å². The second-order valence-electron chi connectivity index (χ2n) is 21.8. The van der Waals surface area contributed by atoms with Gasteiger partial charge in [-0.05, 0) is 59.1 Å². The van der Waals surface area contributed by atoms with Crippen molar-refractivity contribution in [1.29, 1.82) is 0 Å². The first-order valence-electron chi connectivity index (χ1n) is 28.3. The van der Waals surface area contributed by atoms with Crippen LogP contribution >= 0.6 is 7.82 Å². The minimum absolute atomic E-state index is 0.0134. The SMILES string of the molecule is C=CCOC(=O)Nc1nc(OCC=C)c2ncn([C@H]3C[C@H](OP(=O)(OCC=C)OC[C@H]4O[C@@H](n5cnc6c(NC(=O)OCC=C)ncnc65)C[C@@H]4O[Si](C)(C)C(C)(C)C)[C@@H](COC(c4ccccc4)(c4ccc(OC)cc4)c4ccc(OC)cc4)O3)c2n1. The molecule has 7 atom stereocenters. The van der Waals surface area contributed by atoms with Gasteiger partial charge >= 0.3 is 20.0 Å². The molecule has 2 aliphatic heterocycles. The van der Waals surface area contributed by atoms with E-state index in [-0.39, 0.29) is 91.8 Å². The number of benzene rings is 3. The van der Waals surface area contributed by atoms with E-state index in [0.29, 0.717) is 17.1 Å². The molecule has 27 heteroatoms. The molecule has 0 spiro atoms. The Labute approximate surface area is 510 Å². The molecule has 3 aromatic carbocycles. The zero-order chi connectivity index (χ0) is 62.6. The number of amides is 2. The molecule has 4 aromatic heterocycles. The van der Waals surface area contributed by atoms with Gasteiger partial charge < -0.3 is 42.3 Å². The van der Waals surface area contributed by atoms with E-state index in [4.69, 9.17) is 55.9 Å². The van der Waals surface area contributed by atoms with Gasteiger partial charge in [-0.3, -0.25) is 33.3 Å². The third-order valence-corrected chi connectivity index (χ3v) is 21.0. The lowest BCUT2D eigenvalue weighted by Gasteiger charge is -2.39. The Morgan fingerprint density at radius 1 is 0.670 bits per heavy atom. The van der Waals surface area contributed by atoms with Gasteiger partial charge in [0, 0.05) is 12.8 Å². The van der Waals surface area contributed by atoms with Crippen LogP contribution in [0.2, 0.25) is 18.1 Å². The van der Waals surface area contributed by atoms with Crippen molar-refractivity contribution < 1.29 is 70.0 Å². The van der Waals surface area contributed by atoms with E-state index in [1.807, 2.05) is 78.9 Å². The molecule has 0 saturated carbocycles. The summed E-state index contributed by atoms with van der Waals surface area (Å²) in [5.41, 5.74) is 1.93. The number of methoxy groups -OCH3 is 2. The van der Waals surface area contributed by atoms with Crippen LogP contribution < -0.4 is 24.8 Å². The largest absolute Gasteiger partial charge is 0.497 e. The maximum absolute atomic E-state index is 15.7. The zero-order valence-corrected chi connectivity index (χ0v) is 52.0. The zero-order valence-electron chi connectivity index (χ0n) is 50.1. The van der Waals surface area contributed by atoms with Crippen LogP contribution in [-0.2, 0) is 51.8 Å². The lowest BCUT2D eigenvalue weighted by molar-refractivity contribution is -0.0945. The lowest BCUT2D eigenvalue weighted by Crippen LogP contribution is -2.46. The summed E-state index contributed by atoms with van der Waals surface area (Å²) in [6.45, 7) is 24.6. The number of phosphoric acid groups is 1. The quantitative estimate of drug-likeness (QED) is 0.0191. The Bertz CT molecular complexity index is 3570. The number of nitrogens with one attached hydrogen (secondary N) is 2. The molecular weight excluding hydrogens is 1170 g/mol. The number of carbonyl (C=O) groups excluding carboxylic acids is 2. The molecule has 1 unspecified atom stereocenters. The molecule has 2 amide bonds. The van der Waals surface area contributed by atoms with Crippen molar-refractivity contribution in [2.24, 2.45) is 0 Å². The van der Waals surface area contributed by atoms with E-state index in [1.165, 1.54) is 43.3 Å². The summed E-state index contributed by atoms with van der Waals surface area (Å²) in [6.07, 6.45) is 3.40. The fourth-order valence-corrected chi connectivity index (χ4v) is 12.5. The summed E-state index contributed by atoms with van der Waals surface area (Å²) in [5, 5.41) is 4.93. The molecule has 2 fully saturated rings. The third-order valence-electron chi connectivity index (χ3n) is 15.1. The average molecular weight is 1250 g/mol. The number of aromatic nitrogens is 8. The van der Waals surface area contributed by atoms with Gasteiger partial charge in [-0.2, -0.15) is 9.97 Å². The van der Waals surface area contributed by atoms with E-state index in [0.717, 1.165) is 16.7 Å². The van der Waals surface area contributed by atoms with Crippen LogP contribution in [0, 0.1) is 0 Å². The Morgan fingerprint density at radius 3 is 1.82 bits per heavy atom. The molecule has 0 aliphatic carbocycles. The summed E-state index contributed by atoms with van der Waals surface area (Å²) in [7, 11) is -4.06. The number of anilines is 2. The van der Waals surface area contributed by atoms with Crippen molar-refractivity contribution in [2.45, 2.75) is 94.2 Å². The van der Waals surface area contributed by atoms with Gasteiger partial charge in [0.15, 0.2) is 36.5 Å². The number of nitrogens with zero attached hydrogens (tertiary/aromatic N) is 8. The highest BCUT2D eigenvalue weighted by atomic mass is 31.2. The second-order valence-corrected chi connectivity index (χ2v) is 28.2. The highest BCUT2D eigenvalue weighted by Gasteiger charge is 2.49. The third kappa shape index (κ3) is 14.5. The highest BCUT2D eigenvalue weighted by molar-refractivity contribution is 7.48. The number of imidazole rings is 2. The predicted octanol–water partition coefficient (Wildman–Crippen LogP) is 11.4. The fraction of sp³-hybridized carbons (Fsp3) is 0.377. The first-order chi connectivity index (χ1) is 42.4. The summed E-state index contributed by atoms with van der Waals surface area (Å²) >= 11 is 0. The number of rotatable bonds is 29. The Morgan fingerprint density at radius 2 is 1.23 bits per heavy atom. The summed E-state index contributed by atoms with van der Waals surface area (Å²) < 4.78 is 94.0. The highest BCUT2D eigenvalue weighted by Crippen LogP contribution is 2.55. The maximum atomic E-state index is 15.7. The first kappa shape index (κ1) is 64.3. The molecule has 2 saturated heterocycles. The number of fused-ring (bicyclic) bond motifs is 2. The van der Waals surface area contributed by atoms with Gasteiger partial charge in [0.2, 0.25) is 11.8 Å². The molecule has 25 nitrogen and oxygen atoms in total. The van der Waals surface area contributed by atoms with E-state index in [9.17, 15) is 9.59 Å². The summed E-state index contributed by atoms with van der Waals surface area (Å²) in [6, 6.07) is 24.8. The molecule has 0 radical (unpaired) electrons. The van der Waals surface area contributed by atoms with Gasteiger partial charge in [-0.25, -0.2) is 34.1 Å². The topological polar surface area (TPSA) is 273 Å². The van der Waals surface area contributed by atoms with Crippen molar-refractivity contribution in [1.82, 2.24) is 39.0 Å². The number of hydrogen-bond acceptors (Lipinski definition) is 21. The standard InChI is InChI=1S/C61H73N10O15PSi/c1-12-29-77-56-52-55(67-57(68-56)69-59(73)79-31-14-3)71(39-65-52)49-33-45(47(83-49)35-80-61(40-19-17-16-18-20-40,41-21-25-43(75-8)26-22-41)42-23-27-44(76-9)28-24-42)85-87(74,81-32-15-4)82-36-48-46(86-88(10,11)60(5,6)7)34-50(84-48)70-38-64-51-53(62-37-63-54(51)70)66-58(72)78-30-13-2/h12-28,37-39,45-50H,1-4,29-36H2,5-11H3,(H,62,63,66,72)(H,67,68,69,73)/t45-,46-,47+,48+,49+,50+,87?/m0/s1. The number of hydrogen-bond donors (Lipinski definition) is 2. The molecule has 466 valence electrons. The minimum Gasteiger partial charge on any atom is -0.497 e. The van der Waals surface area contributed by atoms with Crippen molar-refractivity contribution in [3.05, 3.63) is 165 Å². The number of phosphoric ester groups is 1. The van der Waals surface area contributed by atoms with Crippen LogP contribution in [0.3, 0.4) is 0 Å². The average Bonchev–Trinajstić information content (AvgIpc) is 1.21. The van der Waals surface area contributed by atoms with Crippen molar-refractivity contribution in [3.63, 3.8) is 0 Å². The smallest absolute Gasteiger partial charge is 0.475 e. The number of carbonyl (C=O) groups is 2. The van der Waals surface area contributed by atoms with Crippen LogP contribution in [0.15, 0.2) is 148 Å². The van der Waals surface area contributed by atoms with Crippen molar-refractivity contribution in [2.75, 3.05) is 64.5 Å². The monoisotopic (exact) mass is 1240 g/mol. The lowest BCUT2D eigenvalue weighted by atomic mass is 9.80. The number of ether oxygens (including phenoxy) is 8. The predicted molar refractivity (Wildman–Crippen MR) is 329 cm³/mol. The van der Waals surface area contributed by atoms with Gasteiger partial charge in [-0.1, -0.05) is 119 Å². The summed E-state index contributed by atoms with van der Waals surface area (Å²) in [4.78, 5) is 52.5. The van der Waals surface area contributed by atoms with E-state index in [2.05, 4.69) is 101 Å². The molecule has 2 N–H and O–H groups in total. The molecule has 2 aliphatic rings. The molecule has 7 aromatic rings. The van der Waals surface area contributed by atoms with Gasteiger partial charge in [0.05, 0.1) is 52.8 Å².